The van der Waals surface area contributed by atoms with Crippen LogP contribution in [0.25, 0.3) is 0 Å². The summed E-state index contributed by atoms with van der Waals surface area (Å²) in [7, 11) is 0. The second-order valence-electron chi connectivity index (χ2n) is 5.76. The van der Waals surface area contributed by atoms with E-state index in [4.69, 9.17) is 0 Å². The maximum atomic E-state index is 13.1. The third-order valence-electron chi connectivity index (χ3n) is 3.12. The highest BCUT2D eigenvalue weighted by atomic mass is 19.1. The molecule has 1 aromatic heterocycles. The third kappa shape index (κ3) is 3.31. The van der Waals surface area contributed by atoms with Crippen LogP contribution in [-0.4, -0.2) is 4.57 Å². The summed E-state index contributed by atoms with van der Waals surface area (Å²) in [4.78, 5) is 11.6. The van der Waals surface area contributed by atoms with Crippen molar-refractivity contribution >= 4 is 0 Å². The summed E-state index contributed by atoms with van der Waals surface area (Å²) in [5.41, 5.74) is 2.14. The van der Waals surface area contributed by atoms with E-state index in [9.17, 15) is 9.18 Å². The monoisotopic (exact) mass is 259 g/mol. The molecule has 1 heterocycles. The van der Waals surface area contributed by atoms with Crippen LogP contribution in [0.3, 0.4) is 0 Å². The van der Waals surface area contributed by atoms with E-state index >= 15 is 0 Å². The van der Waals surface area contributed by atoms with E-state index in [1.54, 1.807) is 0 Å². The second-order valence-corrected chi connectivity index (χ2v) is 5.76. The van der Waals surface area contributed by atoms with Crippen LogP contribution < -0.4 is 5.56 Å². The molecule has 100 valence electrons. The van der Waals surface area contributed by atoms with Gasteiger partial charge in [0, 0.05) is 12.3 Å². The Morgan fingerprint density at radius 1 is 1.05 bits per heavy atom. The summed E-state index contributed by atoms with van der Waals surface area (Å²) < 4.78 is 14.5. The normalized spacial score (nSPS) is 11.6. The van der Waals surface area contributed by atoms with Gasteiger partial charge in [0.15, 0.2) is 0 Å². The molecule has 2 aromatic rings. The number of rotatable bonds is 2. The summed E-state index contributed by atoms with van der Waals surface area (Å²) in [5, 5.41) is 0. The van der Waals surface area contributed by atoms with Crippen molar-refractivity contribution in [1.29, 1.82) is 0 Å². The SMILES string of the molecule is CC(C)(C)c1ccc(Cn2cc(F)ccc2=O)cc1. The van der Waals surface area contributed by atoms with Crippen molar-refractivity contribution < 1.29 is 4.39 Å². The van der Waals surface area contributed by atoms with Crippen LogP contribution in [0.15, 0.2) is 47.4 Å². The van der Waals surface area contributed by atoms with E-state index in [1.807, 2.05) is 12.1 Å². The smallest absolute Gasteiger partial charge is 0.251 e. The van der Waals surface area contributed by atoms with Crippen molar-refractivity contribution in [3.8, 4) is 0 Å². The fourth-order valence-corrected chi connectivity index (χ4v) is 1.93. The van der Waals surface area contributed by atoms with Gasteiger partial charge in [0.2, 0.25) is 0 Å². The first-order valence-corrected chi connectivity index (χ1v) is 6.32. The van der Waals surface area contributed by atoms with Crippen LogP contribution in [0.2, 0.25) is 0 Å². The van der Waals surface area contributed by atoms with Crippen molar-refractivity contribution in [2.45, 2.75) is 32.7 Å². The lowest BCUT2D eigenvalue weighted by Gasteiger charge is -2.19. The van der Waals surface area contributed by atoms with Gasteiger partial charge in [0.1, 0.15) is 5.82 Å². The van der Waals surface area contributed by atoms with E-state index in [0.29, 0.717) is 6.54 Å². The Labute approximate surface area is 112 Å². The van der Waals surface area contributed by atoms with Crippen molar-refractivity contribution in [1.82, 2.24) is 4.57 Å². The van der Waals surface area contributed by atoms with Gasteiger partial charge in [-0.1, -0.05) is 45.0 Å². The van der Waals surface area contributed by atoms with Gasteiger partial charge in [-0.2, -0.15) is 0 Å². The Balaban J connectivity index is 2.25. The molecule has 2 rings (SSSR count). The Morgan fingerprint density at radius 3 is 2.26 bits per heavy atom. The highest BCUT2D eigenvalue weighted by molar-refractivity contribution is 5.27. The molecule has 0 radical (unpaired) electrons. The average Bonchev–Trinajstić information content (AvgIpc) is 2.33. The molecule has 0 N–H and O–H groups in total. The van der Waals surface area contributed by atoms with E-state index < -0.39 is 5.82 Å². The average molecular weight is 259 g/mol. The van der Waals surface area contributed by atoms with Crippen LogP contribution in [0.1, 0.15) is 31.9 Å². The van der Waals surface area contributed by atoms with Gasteiger partial charge in [-0.15, -0.1) is 0 Å². The minimum Gasteiger partial charge on any atom is -0.308 e. The van der Waals surface area contributed by atoms with Crippen LogP contribution in [-0.2, 0) is 12.0 Å². The van der Waals surface area contributed by atoms with E-state index in [0.717, 1.165) is 5.56 Å². The van der Waals surface area contributed by atoms with E-state index in [-0.39, 0.29) is 11.0 Å². The highest BCUT2D eigenvalue weighted by Gasteiger charge is 2.12. The van der Waals surface area contributed by atoms with E-state index in [1.165, 1.54) is 28.5 Å². The molecule has 0 unspecified atom stereocenters. The highest BCUT2D eigenvalue weighted by Crippen LogP contribution is 2.22. The van der Waals surface area contributed by atoms with Crippen LogP contribution in [0.5, 0.6) is 0 Å². The Bertz CT molecular complexity index is 620. The lowest BCUT2D eigenvalue weighted by molar-refractivity contribution is 0.588. The zero-order valence-corrected chi connectivity index (χ0v) is 11.5. The molecule has 0 fully saturated rings. The van der Waals surface area contributed by atoms with Gasteiger partial charge in [-0.05, 0) is 22.6 Å². The Hall–Kier alpha value is -1.90. The maximum Gasteiger partial charge on any atom is 0.251 e. The van der Waals surface area contributed by atoms with Crippen LogP contribution in [0.4, 0.5) is 4.39 Å². The summed E-state index contributed by atoms with van der Waals surface area (Å²) in [6.07, 6.45) is 1.24. The molecule has 0 atom stereocenters. The van der Waals surface area contributed by atoms with Gasteiger partial charge in [0.25, 0.3) is 5.56 Å². The lowest BCUT2D eigenvalue weighted by atomic mass is 9.87. The van der Waals surface area contributed by atoms with Crippen molar-refractivity contribution in [3.05, 3.63) is 69.9 Å². The number of pyridine rings is 1. The zero-order chi connectivity index (χ0) is 14.0. The molecule has 0 amide bonds. The van der Waals surface area contributed by atoms with Crippen LogP contribution >= 0.6 is 0 Å². The number of nitrogens with zero attached hydrogens (tertiary/aromatic N) is 1. The summed E-state index contributed by atoms with van der Waals surface area (Å²) in [6.45, 7) is 6.85. The van der Waals surface area contributed by atoms with Gasteiger partial charge in [0.05, 0.1) is 6.54 Å². The van der Waals surface area contributed by atoms with Gasteiger partial charge in [-0.25, -0.2) is 4.39 Å². The number of benzene rings is 1. The number of hydrogen-bond donors (Lipinski definition) is 0. The molecule has 19 heavy (non-hydrogen) atoms. The fourth-order valence-electron chi connectivity index (χ4n) is 1.93. The fraction of sp³-hybridized carbons (Fsp3) is 0.312. The van der Waals surface area contributed by atoms with Crippen molar-refractivity contribution in [2.75, 3.05) is 0 Å². The van der Waals surface area contributed by atoms with Crippen LogP contribution in [0, 0.1) is 5.82 Å². The molecule has 0 saturated heterocycles. The molecule has 0 bridgehead atoms. The lowest BCUT2D eigenvalue weighted by Crippen LogP contribution is -2.19. The summed E-state index contributed by atoms with van der Waals surface area (Å²) in [5.74, 6) is -0.397. The maximum absolute atomic E-state index is 13.1. The first-order chi connectivity index (χ1) is 8.86. The second kappa shape index (κ2) is 5.00. The summed E-state index contributed by atoms with van der Waals surface area (Å²) >= 11 is 0. The molecule has 0 spiro atoms. The molecule has 1 aromatic carbocycles. The van der Waals surface area contributed by atoms with E-state index in [2.05, 4.69) is 32.9 Å². The number of hydrogen-bond acceptors (Lipinski definition) is 1. The van der Waals surface area contributed by atoms with Crippen molar-refractivity contribution in [3.63, 3.8) is 0 Å². The molecule has 0 aliphatic carbocycles. The Morgan fingerprint density at radius 2 is 1.68 bits per heavy atom. The van der Waals surface area contributed by atoms with Gasteiger partial charge >= 0.3 is 0 Å². The molecule has 3 heteroatoms. The Kier molecular flexibility index (Phi) is 3.56. The quantitative estimate of drug-likeness (QED) is 0.810. The predicted molar refractivity (Wildman–Crippen MR) is 74.9 cm³/mol. The largest absolute Gasteiger partial charge is 0.308 e. The molecule has 0 aliphatic rings. The first kappa shape index (κ1) is 13.5. The van der Waals surface area contributed by atoms with Gasteiger partial charge < -0.3 is 4.57 Å². The van der Waals surface area contributed by atoms with Gasteiger partial charge in [-0.3, -0.25) is 4.79 Å². The minimum absolute atomic E-state index is 0.105. The summed E-state index contributed by atoms with van der Waals surface area (Å²) in [6, 6.07) is 10.5. The molecule has 0 aliphatic heterocycles. The molecular weight excluding hydrogens is 241 g/mol. The standard InChI is InChI=1S/C16H18FNO/c1-16(2,3)13-6-4-12(5-7-13)10-18-11-14(17)8-9-15(18)19/h4-9,11H,10H2,1-3H3. The third-order valence-corrected chi connectivity index (χ3v) is 3.12. The number of halogens is 1. The molecular formula is C16H18FNO. The first-order valence-electron chi connectivity index (χ1n) is 6.32. The molecule has 2 nitrogen and oxygen atoms in total. The number of aromatic nitrogens is 1. The van der Waals surface area contributed by atoms with Crippen molar-refractivity contribution in [2.24, 2.45) is 0 Å². The zero-order valence-electron chi connectivity index (χ0n) is 11.5. The molecule has 0 saturated carbocycles. The topological polar surface area (TPSA) is 22.0 Å². The predicted octanol–water partition coefficient (Wildman–Crippen LogP) is 3.33. The minimum atomic E-state index is -0.397.